The van der Waals surface area contributed by atoms with Gasteiger partial charge < -0.3 is 10.6 Å². The highest BCUT2D eigenvalue weighted by molar-refractivity contribution is 8.13. The Kier molecular flexibility index (Phi) is 5.08. The average molecular weight is 271 g/mol. The van der Waals surface area contributed by atoms with Crippen LogP contribution >= 0.6 is 11.8 Å². The summed E-state index contributed by atoms with van der Waals surface area (Å²) in [6.45, 7) is 12.1. The van der Waals surface area contributed by atoms with Crippen LogP contribution in [0.2, 0.25) is 0 Å². The number of nitrogens with one attached hydrogen (secondary N) is 2. The van der Waals surface area contributed by atoms with Crippen molar-refractivity contribution in [2.24, 2.45) is 10.9 Å². The highest BCUT2D eigenvalue weighted by Gasteiger charge is 2.23. The quantitative estimate of drug-likeness (QED) is 0.808. The molecule has 0 saturated heterocycles. The predicted octanol–water partition coefficient (Wildman–Crippen LogP) is 2.01. The standard InChI is InChI=1S/C13H25N3OS/c1-8-7-18-12(14-9(8)2)15-10(3)11(17)16-13(4,5)6/h8-10H,7H2,1-6H3,(H,14,15)(H,16,17). The number of rotatable bonds is 2. The summed E-state index contributed by atoms with van der Waals surface area (Å²) in [5.74, 6) is 1.66. The van der Waals surface area contributed by atoms with Gasteiger partial charge in [0, 0.05) is 11.3 Å². The molecule has 5 heteroatoms. The number of hydrogen-bond donors (Lipinski definition) is 2. The molecule has 0 aromatic heterocycles. The van der Waals surface area contributed by atoms with Crippen LogP contribution in [0.1, 0.15) is 41.5 Å². The van der Waals surface area contributed by atoms with Crippen LogP contribution in [0, 0.1) is 5.92 Å². The van der Waals surface area contributed by atoms with Crippen molar-refractivity contribution in [3.8, 4) is 0 Å². The third-order valence-corrected chi connectivity index (χ3v) is 4.05. The molecule has 2 N–H and O–H groups in total. The highest BCUT2D eigenvalue weighted by Crippen LogP contribution is 2.21. The van der Waals surface area contributed by atoms with E-state index in [1.54, 1.807) is 11.8 Å². The summed E-state index contributed by atoms with van der Waals surface area (Å²) >= 11 is 1.70. The third kappa shape index (κ3) is 4.88. The fourth-order valence-corrected chi connectivity index (χ4v) is 2.71. The lowest BCUT2D eigenvalue weighted by molar-refractivity contribution is -0.123. The molecule has 0 aromatic carbocycles. The van der Waals surface area contributed by atoms with Crippen LogP contribution in [0.3, 0.4) is 0 Å². The van der Waals surface area contributed by atoms with E-state index in [1.165, 1.54) is 0 Å². The van der Waals surface area contributed by atoms with Gasteiger partial charge in [0.15, 0.2) is 5.17 Å². The molecule has 0 fully saturated rings. The zero-order chi connectivity index (χ0) is 13.9. The minimum atomic E-state index is -0.254. The molecular formula is C13H25N3OS. The van der Waals surface area contributed by atoms with E-state index in [2.05, 4.69) is 29.5 Å². The Hall–Kier alpha value is -0.710. The second-order valence-corrected chi connectivity index (χ2v) is 7.08. The molecule has 0 aliphatic carbocycles. The number of carbonyl (C=O) groups excluding carboxylic acids is 1. The summed E-state index contributed by atoms with van der Waals surface area (Å²) < 4.78 is 0. The van der Waals surface area contributed by atoms with Gasteiger partial charge in [-0.15, -0.1) is 0 Å². The molecule has 0 spiro atoms. The zero-order valence-corrected chi connectivity index (χ0v) is 13.0. The molecule has 0 radical (unpaired) electrons. The lowest BCUT2D eigenvalue weighted by Crippen LogP contribution is -2.51. The number of nitrogens with zero attached hydrogens (tertiary/aromatic N) is 1. The Balaban J connectivity index is 2.52. The highest BCUT2D eigenvalue weighted by atomic mass is 32.2. The molecule has 1 heterocycles. The molecule has 3 unspecified atom stereocenters. The molecular weight excluding hydrogens is 246 g/mol. The number of thioether (sulfide) groups is 1. The Bertz CT molecular complexity index is 336. The number of aliphatic imine (C=N–C) groups is 1. The van der Waals surface area contributed by atoms with E-state index < -0.39 is 0 Å². The van der Waals surface area contributed by atoms with E-state index in [9.17, 15) is 4.79 Å². The second kappa shape index (κ2) is 5.95. The fraction of sp³-hybridized carbons (Fsp3) is 0.846. The largest absolute Gasteiger partial charge is 0.353 e. The summed E-state index contributed by atoms with van der Waals surface area (Å²) in [4.78, 5) is 16.5. The molecule has 18 heavy (non-hydrogen) atoms. The molecule has 0 bridgehead atoms. The summed E-state index contributed by atoms with van der Waals surface area (Å²) in [5, 5.41) is 7.04. The topological polar surface area (TPSA) is 53.5 Å². The molecule has 0 aromatic rings. The lowest BCUT2D eigenvalue weighted by Gasteiger charge is -2.27. The maximum absolute atomic E-state index is 11.9. The van der Waals surface area contributed by atoms with Crippen molar-refractivity contribution < 1.29 is 4.79 Å². The van der Waals surface area contributed by atoms with E-state index in [-0.39, 0.29) is 17.5 Å². The van der Waals surface area contributed by atoms with Crippen molar-refractivity contribution in [2.75, 3.05) is 5.75 Å². The predicted molar refractivity (Wildman–Crippen MR) is 79.0 cm³/mol. The van der Waals surface area contributed by atoms with Gasteiger partial charge in [0.2, 0.25) is 5.91 Å². The number of amidine groups is 1. The van der Waals surface area contributed by atoms with Crippen molar-refractivity contribution in [1.82, 2.24) is 10.6 Å². The molecule has 1 aliphatic heterocycles. The summed E-state index contributed by atoms with van der Waals surface area (Å²) in [5.41, 5.74) is -0.198. The maximum Gasteiger partial charge on any atom is 0.242 e. The van der Waals surface area contributed by atoms with Crippen LogP contribution in [0.15, 0.2) is 4.99 Å². The number of carbonyl (C=O) groups is 1. The van der Waals surface area contributed by atoms with Crippen LogP contribution < -0.4 is 10.6 Å². The molecule has 1 amide bonds. The number of amides is 1. The normalized spacial score (nSPS) is 26.2. The van der Waals surface area contributed by atoms with Gasteiger partial charge in [-0.25, -0.2) is 0 Å². The Morgan fingerprint density at radius 3 is 2.56 bits per heavy atom. The second-order valence-electron chi connectivity index (χ2n) is 6.07. The van der Waals surface area contributed by atoms with Crippen LogP contribution in [0.4, 0.5) is 0 Å². The van der Waals surface area contributed by atoms with Crippen molar-refractivity contribution in [3.05, 3.63) is 0 Å². The first-order chi connectivity index (χ1) is 8.19. The Morgan fingerprint density at radius 1 is 1.44 bits per heavy atom. The van der Waals surface area contributed by atoms with Crippen LogP contribution in [0.25, 0.3) is 0 Å². The minimum Gasteiger partial charge on any atom is -0.353 e. The molecule has 1 aliphatic rings. The molecule has 3 atom stereocenters. The maximum atomic E-state index is 11.9. The lowest BCUT2D eigenvalue weighted by atomic mass is 10.1. The minimum absolute atomic E-state index is 0.0112. The first kappa shape index (κ1) is 15.3. The SMILES string of the molecule is CC(NC1=NC(C)C(C)CS1)C(=O)NC(C)(C)C. The molecule has 104 valence electrons. The van der Waals surface area contributed by atoms with Crippen LogP contribution in [-0.2, 0) is 4.79 Å². The van der Waals surface area contributed by atoms with Crippen molar-refractivity contribution >= 4 is 22.8 Å². The van der Waals surface area contributed by atoms with Crippen molar-refractivity contribution in [2.45, 2.75) is 59.2 Å². The van der Waals surface area contributed by atoms with Gasteiger partial charge in [-0.2, -0.15) is 0 Å². The van der Waals surface area contributed by atoms with Gasteiger partial charge in [-0.3, -0.25) is 9.79 Å². The smallest absolute Gasteiger partial charge is 0.242 e. The Labute approximate surface area is 114 Å². The first-order valence-electron chi connectivity index (χ1n) is 6.48. The van der Waals surface area contributed by atoms with E-state index in [0.29, 0.717) is 12.0 Å². The fourth-order valence-electron chi connectivity index (χ4n) is 1.51. The van der Waals surface area contributed by atoms with Crippen LogP contribution in [-0.4, -0.2) is 34.5 Å². The van der Waals surface area contributed by atoms with Gasteiger partial charge >= 0.3 is 0 Å². The summed E-state index contributed by atoms with van der Waals surface area (Å²) in [6.07, 6.45) is 0. The van der Waals surface area contributed by atoms with E-state index in [4.69, 9.17) is 0 Å². The van der Waals surface area contributed by atoms with Gasteiger partial charge in [-0.1, -0.05) is 18.7 Å². The molecule has 4 nitrogen and oxygen atoms in total. The first-order valence-corrected chi connectivity index (χ1v) is 7.47. The van der Waals surface area contributed by atoms with E-state index in [0.717, 1.165) is 10.9 Å². The monoisotopic (exact) mass is 271 g/mol. The average Bonchev–Trinajstić information content (AvgIpc) is 2.21. The van der Waals surface area contributed by atoms with E-state index >= 15 is 0 Å². The molecule has 0 saturated carbocycles. The van der Waals surface area contributed by atoms with Gasteiger partial charge in [0.05, 0.1) is 6.04 Å². The summed E-state index contributed by atoms with van der Waals surface area (Å²) in [7, 11) is 0. The van der Waals surface area contributed by atoms with Crippen LogP contribution in [0.5, 0.6) is 0 Å². The van der Waals surface area contributed by atoms with Crippen molar-refractivity contribution in [3.63, 3.8) is 0 Å². The summed E-state index contributed by atoms with van der Waals surface area (Å²) in [6, 6.07) is 0.0720. The third-order valence-electron chi connectivity index (χ3n) is 2.86. The van der Waals surface area contributed by atoms with E-state index in [1.807, 2.05) is 27.7 Å². The van der Waals surface area contributed by atoms with Crippen molar-refractivity contribution in [1.29, 1.82) is 0 Å². The number of hydrogen-bond acceptors (Lipinski definition) is 4. The van der Waals surface area contributed by atoms with Gasteiger partial charge in [0.1, 0.15) is 6.04 Å². The zero-order valence-electron chi connectivity index (χ0n) is 12.2. The van der Waals surface area contributed by atoms with Gasteiger partial charge in [-0.05, 0) is 40.5 Å². The molecule has 1 rings (SSSR count). The van der Waals surface area contributed by atoms with Gasteiger partial charge in [0.25, 0.3) is 0 Å². The Morgan fingerprint density at radius 2 is 2.06 bits per heavy atom.